The zero-order valence-corrected chi connectivity index (χ0v) is 9.97. The van der Waals surface area contributed by atoms with Crippen LogP contribution in [0, 0.1) is 5.92 Å². The third kappa shape index (κ3) is 3.53. The number of rotatable bonds is 5. The third-order valence-electron chi connectivity index (χ3n) is 2.39. The Hall–Kier alpha value is -1.58. The fraction of sp³-hybridized carbons (Fsp3) is 0.500. The molecule has 0 aliphatic carbocycles. The van der Waals surface area contributed by atoms with Gasteiger partial charge in [0.05, 0.1) is 0 Å². The third-order valence-corrected chi connectivity index (χ3v) is 2.39. The highest BCUT2D eigenvalue weighted by Crippen LogP contribution is 2.11. The first-order valence-electron chi connectivity index (χ1n) is 5.42. The fourth-order valence-electron chi connectivity index (χ4n) is 1.32. The van der Waals surface area contributed by atoms with Crippen molar-refractivity contribution in [3.05, 3.63) is 23.9 Å². The first-order valence-corrected chi connectivity index (χ1v) is 5.42. The van der Waals surface area contributed by atoms with Crippen LogP contribution in [0.4, 0.5) is 5.82 Å². The Balaban J connectivity index is 2.71. The molecule has 0 aliphatic heterocycles. The summed E-state index contributed by atoms with van der Waals surface area (Å²) < 4.78 is 0. The Morgan fingerprint density at radius 2 is 2.19 bits per heavy atom. The van der Waals surface area contributed by atoms with E-state index in [9.17, 15) is 4.79 Å². The van der Waals surface area contributed by atoms with Gasteiger partial charge in [-0.15, -0.1) is 0 Å². The Morgan fingerprint density at radius 3 is 2.75 bits per heavy atom. The first kappa shape index (κ1) is 12.5. The average molecular weight is 222 g/mol. The summed E-state index contributed by atoms with van der Waals surface area (Å²) in [6.07, 6.45) is 1.06. The topological polar surface area (TPSA) is 53.4 Å². The summed E-state index contributed by atoms with van der Waals surface area (Å²) in [6, 6.07) is 5.05. The molecule has 0 unspecified atom stereocenters. The minimum Gasteiger partial charge on any atom is -0.477 e. The van der Waals surface area contributed by atoms with Gasteiger partial charge in [-0.25, -0.2) is 9.78 Å². The maximum atomic E-state index is 10.8. The zero-order valence-electron chi connectivity index (χ0n) is 9.97. The van der Waals surface area contributed by atoms with Gasteiger partial charge in [-0.1, -0.05) is 19.9 Å². The van der Waals surface area contributed by atoms with Crippen molar-refractivity contribution in [1.82, 2.24) is 4.98 Å². The molecule has 0 bridgehead atoms. The van der Waals surface area contributed by atoms with Crippen molar-refractivity contribution in [2.45, 2.75) is 20.3 Å². The van der Waals surface area contributed by atoms with Crippen molar-refractivity contribution >= 4 is 11.8 Å². The van der Waals surface area contributed by atoms with E-state index in [1.165, 1.54) is 6.07 Å². The number of carbonyl (C=O) groups is 1. The Kier molecular flexibility index (Phi) is 4.28. The summed E-state index contributed by atoms with van der Waals surface area (Å²) in [5.74, 6) is 0.352. The molecule has 0 fully saturated rings. The molecule has 4 heteroatoms. The van der Waals surface area contributed by atoms with E-state index in [0.29, 0.717) is 11.7 Å². The van der Waals surface area contributed by atoms with E-state index in [-0.39, 0.29) is 5.69 Å². The minimum absolute atomic E-state index is 0.0916. The largest absolute Gasteiger partial charge is 0.477 e. The van der Waals surface area contributed by atoms with Crippen LogP contribution in [0.15, 0.2) is 18.2 Å². The molecule has 1 rings (SSSR count). The second-order valence-electron chi connectivity index (χ2n) is 4.29. The molecule has 1 aromatic heterocycles. The number of hydrogen-bond acceptors (Lipinski definition) is 3. The molecular formula is C12H18N2O2. The summed E-state index contributed by atoms with van der Waals surface area (Å²) in [6.45, 7) is 5.21. The first-order chi connectivity index (χ1) is 7.50. The van der Waals surface area contributed by atoms with Gasteiger partial charge in [0.1, 0.15) is 5.82 Å². The SMILES string of the molecule is CC(C)CCN(C)c1cccc(C(=O)O)n1. The van der Waals surface area contributed by atoms with Gasteiger partial charge in [0.25, 0.3) is 0 Å². The predicted molar refractivity (Wildman–Crippen MR) is 63.9 cm³/mol. The Bertz CT molecular complexity index is 364. The lowest BCUT2D eigenvalue weighted by Gasteiger charge is -2.19. The van der Waals surface area contributed by atoms with Gasteiger partial charge in [0.2, 0.25) is 0 Å². The van der Waals surface area contributed by atoms with E-state index in [1.54, 1.807) is 6.07 Å². The quantitative estimate of drug-likeness (QED) is 0.830. The molecule has 16 heavy (non-hydrogen) atoms. The van der Waals surface area contributed by atoms with Crippen molar-refractivity contribution in [2.75, 3.05) is 18.5 Å². The van der Waals surface area contributed by atoms with Gasteiger partial charge in [-0.3, -0.25) is 0 Å². The zero-order chi connectivity index (χ0) is 12.1. The van der Waals surface area contributed by atoms with E-state index in [4.69, 9.17) is 5.11 Å². The fourth-order valence-corrected chi connectivity index (χ4v) is 1.32. The number of aromatic carboxylic acids is 1. The van der Waals surface area contributed by atoms with Crippen LogP contribution in [0.25, 0.3) is 0 Å². The van der Waals surface area contributed by atoms with E-state index < -0.39 is 5.97 Å². The molecule has 0 atom stereocenters. The highest BCUT2D eigenvalue weighted by Gasteiger charge is 2.08. The number of hydrogen-bond donors (Lipinski definition) is 1. The van der Waals surface area contributed by atoms with Gasteiger partial charge in [-0.05, 0) is 24.5 Å². The van der Waals surface area contributed by atoms with Gasteiger partial charge < -0.3 is 10.0 Å². The number of carboxylic acids is 1. The van der Waals surface area contributed by atoms with Crippen LogP contribution >= 0.6 is 0 Å². The molecule has 0 aromatic carbocycles. The molecule has 0 amide bonds. The number of aromatic nitrogens is 1. The average Bonchev–Trinajstić information content (AvgIpc) is 2.26. The van der Waals surface area contributed by atoms with Crippen molar-refractivity contribution < 1.29 is 9.90 Å². The van der Waals surface area contributed by atoms with Crippen LogP contribution < -0.4 is 4.90 Å². The van der Waals surface area contributed by atoms with Gasteiger partial charge in [0, 0.05) is 13.6 Å². The summed E-state index contributed by atoms with van der Waals surface area (Å²) in [4.78, 5) is 16.8. The maximum absolute atomic E-state index is 10.8. The van der Waals surface area contributed by atoms with Crippen molar-refractivity contribution in [1.29, 1.82) is 0 Å². The summed E-state index contributed by atoms with van der Waals surface area (Å²) in [7, 11) is 1.93. The normalized spacial score (nSPS) is 10.5. The Labute approximate surface area is 95.9 Å². The molecule has 0 saturated carbocycles. The lowest BCUT2D eigenvalue weighted by Crippen LogP contribution is -2.21. The van der Waals surface area contributed by atoms with Crippen LogP contribution in [0.2, 0.25) is 0 Å². The molecule has 88 valence electrons. The lowest BCUT2D eigenvalue weighted by atomic mass is 10.1. The van der Waals surface area contributed by atoms with Crippen LogP contribution in [-0.4, -0.2) is 29.7 Å². The minimum atomic E-state index is -0.987. The molecular weight excluding hydrogens is 204 g/mol. The highest BCUT2D eigenvalue weighted by atomic mass is 16.4. The molecule has 0 aliphatic rings. The number of carboxylic acid groups (broad SMARTS) is 1. The van der Waals surface area contributed by atoms with Crippen LogP contribution in [0.3, 0.4) is 0 Å². The maximum Gasteiger partial charge on any atom is 0.354 e. The van der Waals surface area contributed by atoms with Crippen molar-refractivity contribution in [2.24, 2.45) is 5.92 Å². The molecule has 1 N–H and O–H groups in total. The van der Waals surface area contributed by atoms with Crippen LogP contribution in [0.5, 0.6) is 0 Å². The lowest BCUT2D eigenvalue weighted by molar-refractivity contribution is 0.0690. The second kappa shape index (κ2) is 5.49. The van der Waals surface area contributed by atoms with Crippen LogP contribution in [0.1, 0.15) is 30.8 Å². The Morgan fingerprint density at radius 1 is 1.50 bits per heavy atom. The van der Waals surface area contributed by atoms with Gasteiger partial charge >= 0.3 is 5.97 Å². The second-order valence-corrected chi connectivity index (χ2v) is 4.29. The monoisotopic (exact) mass is 222 g/mol. The smallest absolute Gasteiger partial charge is 0.354 e. The summed E-state index contributed by atoms with van der Waals surface area (Å²) in [5, 5.41) is 8.83. The van der Waals surface area contributed by atoms with Crippen molar-refractivity contribution in [3.63, 3.8) is 0 Å². The van der Waals surface area contributed by atoms with E-state index in [2.05, 4.69) is 18.8 Å². The van der Waals surface area contributed by atoms with E-state index in [1.807, 2.05) is 18.0 Å². The molecule has 1 heterocycles. The van der Waals surface area contributed by atoms with Gasteiger partial charge in [-0.2, -0.15) is 0 Å². The van der Waals surface area contributed by atoms with Crippen LogP contribution in [-0.2, 0) is 0 Å². The number of pyridine rings is 1. The summed E-state index contributed by atoms with van der Waals surface area (Å²) >= 11 is 0. The number of nitrogens with zero attached hydrogens (tertiary/aromatic N) is 2. The predicted octanol–water partition coefficient (Wildman–Crippen LogP) is 2.26. The molecule has 0 spiro atoms. The molecule has 0 saturated heterocycles. The molecule has 4 nitrogen and oxygen atoms in total. The summed E-state index contributed by atoms with van der Waals surface area (Å²) in [5.41, 5.74) is 0.0916. The number of anilines is 1. The standard InChI is InChI=1S/C12H18N2O2/c1-9(2)7-8-14(3)11-6-4-5-10(13-11)12(15)16/h4-6,9H,7-8H2,1-3H3,(H,15,16). The van der Waals surface area contributed by atoms with Gasteiger partial charge in [0.15, 0.2) is 5.69 Å². The molecule has 0 radical (unpaired) electrons. The van der Waals surface area contributed by atoms with E-state index in [0.717, 1.165) is 13.0 Å². The molecule has 1 aromatic rings. The highest BCUT2D eigenvalue weighted by molar-refractivity contribution is 5.85. The van der Waals surface area contributed by atoms with E-state index >= 15 is 0 Å². The van der Waals surface area contributed by atoms with Crippen molar-refractivity contribution in [3.8, 4) is 0 Å².